The number of nitrogens with zero attached hydrogens (tertiary/aromatic N) is 1. The van der Waals surface area contributed by atoms with E-state index in [-0.39, 0.29) is 16.6 Å². The predicted octanol–water partition coefficient (Wildman–Crippen LogP) is 1.46. The number of carbonyl (C=O) groups excluding carboxylic acids is 1. The van der Waals surface area contributed by atoms with Gasteiger partial charge in [-0.15, -0.1) is 0 Å². The fraction of sp³-hybridized carbons (Fsp3) is 0.125. The number of rotatable bonds is 3. The van der Waals surface area contributed by atoms with Crippen molar-refractivity contribution in [2.45, 2.75) is 0 Å². The first kappa shape index (κ1) is 11.4. The van der Waals surface area contributed by atoms with Crippen LogP contribution in [0.4, 0.5) is 11.4 Å². The van der Waals surface area contributed by atoms with Gasteiger partial charge in [0.25, 0.3) is 5.69 Å². The summed E-state index contributed by atoms with van der Waals surface area (Å²) in [5, 5.41) is 19.8. The molecule has 0 spiro atoms. The number of anilines is 1. The Morgan fingerprint density at radius 3 is 2.67 bits per heavy atom. The topological polar surface area (TPSA) is 106 Å². The number of ketones is 1. The molecule has 6 nitrogen and oxygen atoms in total. The third-order valence-corrected chi connectivity index (χ3v) is 2.27. The van der Waals surface area contributed by atoms with Gasteiger partial charge in [-0.1, -0.05) is 15.9 Å². The number of Topliss-reactive ketones (excluding diaryl/α,β-unsaturated/α-hetero) is 1. The molecule has 1 rings (SSSR count). The van der Waals surface area contributed by atoms with E-state index in [1.54, 1.807) is 0 Å². The van der Waals surface area contributed by atoms with Gasteiger partial charge in [0.1, 0.15) is 11.4 Å². The van der Waals surface area contributed by atoms with E-state index in [9.17, 15) is 20.0 Å². The lowest BCUT2D eigenvalue weighted by molar-refractivity contribution is -0.384. The Bertz CT molecular complexity index is 433. The molecule has 15 heavy (non-hydrogen) atoms. The molecule has 0 aromatic heterocycles. The largest absolute Gasteiger partial charge is 0.507 e. The molecule has 80 valence electrons. The second kappa shape index (κ2) is 4.26. The highest BCUT2D eigenvalue weighted by atomic mass is 79.9. The number of hydrogen-bond acceptors (Lipinski definition) is 5. The molecule has 0 radical (unpaired) electrons. The van der Waals surface area contributed by atoms with Crippen LogP contribution in [0.15, 0.2) is 12.1 Å². The summed E-state index contributed by atoms with van der Waals surface area (Å²) in [4.78, 5) is 21.0. The van der Waals surface area contributed by atoms with E-state index in [1.165, 1.54) is 0 Å². The van der Waals surface area contributed by atoms with Crippen LogP contribution in [-0.4, -0.2) is 21.1 Å². The number of hydrogen-bond donors (Lipinski definition) is 2. The molecule has 0 fully saturated rings. The summed E-state index contributed by atoms with van der Waals surface area (Å²) >= 11 is 2.92. The van der Waals surface area contributed by atoms with E-state index in [1.807, 2.05) is 0 Å². The Kier molecular flexibility index (Phi) is 3.25. The zero-order valence-corrected chi connectivity index (χ0v) is 9.02. The van der Waals surface area contributed by atoms with Crippen LogP contribution in [0.1, 0.15) is 10.4 Å². The molecule has 0 saturated heterocycles. The molecule has 1 aromatic carbocycles. The van der Waals surface area contributed by atoms with Crippen molar-refractivity contribution in [2.75, 3.05) is 11.1 Å². The van der Waals surface area contributed by atoms with E-state index >= 15 is 0 Å². The molecule has 7 heteroatoms. The fourth-order valence-corrected chi connectivity index (χ4v) is 1.35. The van der Waals surface area contributed by atoms with E-state index < -0.39 is 22.1 Å². The van der Waals surface area contributed by atoms with Crippen molar-refractivity contribution in [3.63, 3.8) is 0 Å². The SMILES string of the molecule is Nc1cc(C(=O)CBr)c(O)cc1[N+](=O)[O-]. The Morgan fingerprint density at radius 2 is 2.20 bits per heavy atom. The van der Waals surface area contributed by atoms with Crippen LogP contribution in [0.2, 0.25) is 0 Å². The van der Waals surface area contributed by atoms with Gasteiger partial charge >= 0.3 is 0 Å². The third-order valence-electron chi connectivity index (χ3n) is 1.76. The lowest BCUT2D eigenvalue weighted by Gasteiger charge is -2.03. The molecule has 0 saturated carbocycles. The second-order valence-corrected chi connectivity index (χ2v) is 3.30. The van der Waals surface area contributed by atoms with Gasteiger partial charge in [-0.3, -0.25) is 14.9 Å². The van der Waals surface area contributed by atoms with Crippen molar-refractivity contribution in [3.8, 4) is 5.75 Å². The smallest absolute Gasteiger partial charge is 0.295 e. The highest BCUT2D eigenvalue weighted by Gasteiger charge is 2.18. The number of nitrogens with two attached hydrogens (primary N) is 1. The highest BCUT2D eigenvalue weighted by Crippen LogP contribution is 2.30. The number of aromatic hydroxyl groups is 1. The summed E-state index contributed by atoms with van der Waals surface area (Å²) in [6, 6.07) is 1.96. The molecule has 0 unspecified atom stereocenters. The number of phenolic OH excluding ortho intramolecular Hbond substituents is 1. The van der Waals surface area contributed by atoms with Crippen molar-refractivity contribution in [1.82, 2.24) is 0 Å². The number of nitro benzene ring substituents is 1. The van der Waals surface area contributed by atoms with Gasteiger partial charge in [0.15, 0.2) is 5.78 Å². The van der Waals surface area contributed by atoms with E-state index in [4.69, 9.17) is 5.73 Å². The zero-order valence-electron chi connectivity index (χ0n) is 7.44. The summed E-state index contributed by atoms with van der Waals surface area (Å²) < 4.78 is 0. The Hall–Kier alpha value is -1.63. The Balaban J connectivity index is 3.31. The molecular weight excluding hydrogens is 268 g/mol. The first-order valence-corrected chi connectivity index (χ1v) is 4.95. The Morgan fingerprint density at radius 1 is 1.60 bits per heavy atom. The van der Waals surface area contributed by atoms with Gasteiger partial charge in [-0.2, -0.15) is 0 Å². The van der Waals surface area contributed by atoms with Crippen LogP contribution in [0.3, 0.4) is 0 Å². The number of carbonyl (C=O) groups is 1. The summed E-state index contributed by atoms with van der Waals surface area (Å²) in [7, 11) is 0. The number of alkyl halides is 1. The van der Waals surface area contributed by atoms with Gasteiger partial charge in [0, 0.05) is 0 Å². The standard InChI is InChI=1S/C8H7BrN2O4/c9-3-8(13)4-1-5(10)6(11(14)15)2-7(4)12/h1-2,12H,3,10H2. The summed E-state index contributed by atoms with van der Waals surface area (Å²) in [6.45, 7) is 0. The van der Waals surface area contributed by atoms with Gasteiger partial charge < -0.3 is 10.8 Å². The minimum absolute atomic E-state index is 0.0117. The predicted molar refractivity (Wildman–Crippen MR) is 57.3 cm³/mol. The minimum Gasteiger partial charge on any atom is -0.507 e. The van der Waals surface area contributed by atoms with Gasteiger partial charge in [0.05, 0.1) is 21.9 Å². The molecule has 1 aromatic rings. The van der Waals surface area contributed by atoms with Crippen molar-refractivity contribution in [1.29, 1.82) is 0 Å². The van der Waals surface area contributed by atoms with Gasteiger partial charge in [0.2, 0.25) is 0 Å². The van der Waals surface area contributed by atoms with Crippen molar-refractivity contribution >= 4 is 33.1 Å². The van der Waals surface area contributed by atoms with Crippen molar-refractivity contribution in [2.24, 2.45) is 0 Å². The summed E-state index contributed by atoms with van der Waals surface area (Å²) in [5.74, 6) is -0.838. The maximum atomic E-state index is 11.2. The third kappa shape index (κ3) is 2.24. The summed E-state index contributed by atoms with van der Waals surface area (Å²) in [5.41, 5.74) is 4.76. The van der Waals surface area contributed by atoms with Crippen molar-refractivity contribution < 1.29 is 14.8 Å². The lowest BCUT2D eigenvalue weighted by Crippen LogP contribution is -2.03. The van der Waals surface area contributed by atoms with E-state index in [0.29, 0.717) is 0 Å². The molecular formula is C8H7BrN2O4. The van der Waals surface area contributed by atoms with E-state index in [2.05, 4.69) is 15.9 Å². The number of nitro groups is 1. The number of nitrogen functional groups attached to an aromatic ring is 1. The molecule has 3 N–H and O–H groups in total. The van der Waals surface area contributed by atoms with Crippen LogP contribution in [-0.2, 0) is 0 Å². The fourth-order valence-electron chi connectivity index (χ4n) is 1.05. The first-order chi connectivity index (χ1) is 6.97. The lowest BCUT2D eigenvalue weighted by atomic mass is 10.1. The average molecular weight is 275 g/mol. The number of phenols is 1. The molecule has 0 amide bonds. The monoisotopic (exact) mass is 274 g/mol. The van der Waals surface area contributed by atoms with Crippen LogP contribution >= 0.6 is 15.9 Å². The quantitative estimate of drug-likeness (QED) is 0.217. The second-order valence-electron chi connectivity index (χ2n) is 2.74. The van der Waals surface area contributed by atoms with Gasteiger partial charge in [-0.25, -0.2) is 0 Å². The normalized spacial score (nSPS) is 9.93. The average Bonchev–Trinajstić information content (AvgIpc) is 2.19. The number of benzene rings is 1. The molecule has 0 aliphatic rings. The molecule has 0 bridgehead atoms. The minimum atomic E-state index is -0.725. The number of halogens is 1. The molecule has 0 aliphatic carbocycles. The maximum absolute atomic E-state index is 11.2. The van der Waals surface area contributed by atoms with Crippen molar-refractivity contribution in [3.05, 3.63) is 27.8 Å². The van der Waals surface area contributed by atoms with Crippen LogP contribution < -0.4 is 5.73 Å². The summed E-state index contributed by atoms with van der Waals surface area (Å²) in [6.07, 6.45) is 0. The van der Waals surface area contributed by atoms with Crippen LogP contribution in [0.25, 0.3) is 0 Å². The van der Waals surface area contributed by atoms with Gasteiger partial charge in [-0.05, 0) is 6.07 Å². The Labute approximate surface area is 93.0 Å². The first-order valence-electron chi connectivity index (χ1n) is 3.83. The molecule has 0 heterocycles. The van der Waals surface area contributed by atoms with Crippen LogP contribution in [0, 0.1) is 10.1 Å². The van der Waals surface area contributed by atoms with Crippen LogP contribution in [0.5, 0.6) is 5.75 Å². The maximum Gasteiger partial charge on any atom is 0.295 e. The zero-order chi connectivity index (χ0) is 11.6. The highest BCUT2D eigenvalue weighted by molar-refractivity contribution is 9.09. The molecule has 0 atom stereocenters. The van der Waals surface area contributed by atoms with E-state index in [0.717, 1.165) is 12.1 Å². The molecule has 0 aliphatic heterocycles.